The van der Waals surface area contributed by atoms with Crippen molar-refractivity contribution in [1.82, 2.24) is 0 Å². The van der Waals surface area contributed by atoms with Gasteiger partial charge in [0, 0.05) is 12.8 Å². The molecule has 0 aliphatic rings. The number of phosphoric acid groups is 1. The topological polar surface area (TPSA) is 160 Å². The Balaban J connectivity index is 4.28. The number of unbranched alkanes of at least 4 members (excludes halogenated alkanes) is 6. The summed E-state index contributed by atoms with van der Waals surface area (Å²) in [4.78, 5) is 42.8. The molecule has 0 saturated heterocycles. The van der Waals surface area contributed by atoms with Crippen LogP contribution in [0.25, 0.3) is 0 Å². The average molecular weight is 775 g/mol. The lowest BCUT2D eigenvalue weighted by atomic mass is 10.1. The van der Waals surface area contributed by atoms with Gasteiger partial charge in [0.2, 0.25) is 0 Å². The fraction of sp³-hybridized carbons (Fsp3) is 0.535. The Labute approximate surface area is 324 Å². The molecule has 0 aromatic heterocycles. The van der Waals surface area contributed by atoms with Crippen LogP contribution in [-0.2, 0) is 28.2 Å². The number of carbonyl (C=O) groups excluding carboxylic acids is 2. The number of aliphatic hydroxyl groups is 2. The van der Waals surface area contributed by atoms with E-state index in [0.29, 0.717) is 32.1 Å². The normalized spacial score (nSPS) is 14.9. The number of allylic oxidation sites excluding steroid dienone is 14. The van der Waals surface area contributed by atoms with Gasteiger partial charge >= 0.3 is 19.8 Å². The lowest BCUT2D eigenvalue weighted by Crippen LogP contribution is -2.29. The molecule has 0 saturated carbocycles. The average Bonchev–Trinajstić information content (AvgIpc) is 3.13. The molecule has 0 spiro atoms. The first-order valence-electron chi connectivity index (χ1n) is 19.4. The molecule has 0 aromatic rings. The van der Waals surface area contributed by atoms with Crippen molar-refractivity contribution in [2.75, 3.05) is 13.2 Å². The van der Waals surface area contributed by atoms with Gasteiger partial charge in [0.25, 0.3) is 0 Å². The van der Waals surface area contributed by atoms with Gasteiger partial charge in [0.05, 0.1) is 18.8 Å². The number of hydrogen-bond acceptors (Lipinski definition) is 8. The first-order chi connectivity index (χ1) is 26.1. The third-order valence-corrected chi connectivity index (χ3v) is 7.95. The van der Waals surface area contributed by atoms with E-state index >= 15 is 0 Å². The molecule has 0 bridgehead atoms. The summed E-state index contributed by atoms with van der Waals surface area (Å²) in [6.45, 7) is 3.18. The van der Waals surface area contributed by atoms with E-state index in [0.717, 1.165) is 57.8 Å². The van der Waals surface area contributed by atoms with Crippen molar-refractivity contribution in [2.45, 2.75) is 135 Å². The Morgan fingerprint density at radius 2 is 1.17 bits per heavy atom. The molecule has 54 heavy (non-hydrogen) atoms. The molecule has 0 aliphatic heterocycles. The maximum atomic E-state index is 12.4. The van der Waals surface area contributed by atoms with Gasteiger partial charge in [-0.25, -0.2) is 4.57 Å². The van der Waals surface area contributed by atoms with Crippen molar-refractivity contribution >= 4 is 19.8 Å². The minimum absolute atomic E-state index is 0.0698. The molecule has 0 rings (SSSR count). The Hall–Kier alpha value is -3.37. The molecule has 0 aromatic carbocycles. The molecule has 0 heterocycles. The van der Waals surface area contributed by atoms with E-state index in [4.69, 9.17) is 19.3 Å². The molecule has 11 heteroatoms. The smallest absolute Gasteiger partial charge is 0.462 e. The quantitative estimate of drug-likeness (QED) is 0.0166. The zero-order valence-electron chi connectivity index (χ0n) is 32.5. The van der Waals surface area contributed by atoms with E-state index in [1.807, 2.05) is 42.5 Å². The van der Waals surface area contributed by atoms with E-state index in [9.17, 15) is 24.4 Å². The second-order valence-corrected chi connectivity index (χ2v) is 13.8. The van der Waals surface area contributed by atoms with Crippen LogP contribution in [0.1, 0.15) is 117 Å². The van der Waals surface area contributed by atoms with Gasteiger partial charge in [-0.3, -0.25) is 14.1 Å². The first-order valence-corrected chi connectivity index (χ1v) is 20.9. The molecule has 10 nitrogen and oxygen atoms in total. The third kappa shape index (κ3) is 38.4. The SMILES string of the molecule is CC/C=C\C/C=C\C/C=C\CCCCCCCC(=O)O[C@H](COC(=O)CCC/C=C\[C@H](O)/C=C/C=C\C/C=C\C=C\[C@H](O)C/C=C\CC)COP(=O)(O)O. The lowest BCUT2D eigenvalue weighted by molar-refractivity contribution is -0.161. The maximum absolute atomic E-state index is 12.4. The number of ether oxygens (including phenoxy) is 2. The molecule has 0 radical (unpaired) electrons. The summed E-state index contributed by atoms with van der Waals surface area (Å²) in [5.41, 5.74) is 0. The van der Waals surface area contributed by atoms with Gasteiger partial charge < -0.3 is 29.5 Å². The highest BCUT2D eigenvalue weighted by molar-refractivity contribution is 7.46. The van der Waals surface area contributed by atoms with Crippen LogP contribution < -0.4 is 0 Å². The van der Waals surface area contributed by atoms with Crippen LogP contribution in [0.5, 0.6) is 0 Å². The van der Waals surface area contributed by atoms with E-state index in [1.165, 1.54) is 0 Å². The first kappa shape index (κ1) is 50.6. The summed E-state index contributed by atoms with van der Waals surface area (Å²) in [7, 11) is -4.81. The molecule has 4 N–H and O–H groups in total. The highest BCUT2D eigenvalue weighted by atomic mass is 31.2. The number of hydrogen-bond donors (Lipinski definition) is 4. The van der Waals surface area contributed by atoms with Crippen LogP contribution in [-0.4, -0.2) is 63.5 Å². The van der Waals surface area contributed by atoms with Crippen molar-refractivity contribution in [3.63, 3.8) is 0 Å². The van der Waals surface area contributed by atoms with Gasteiger partial charge in [-0.1, -0.05) is 142 Å². The molecular formula is C43H67O10P. The van der Waals surface area contributed by atoms with Gasteiger partial charge in [0.1, 0.15) is 6.61 Å². The number of rotatable bonds is 33. The van der Waals surface area contributed by atoms with Gasteiger partial charge in [0.15, 0.2) is 6.10 Å². The van der Waals surface area contributed by atoms with Crippen molar-refractivity contribution < 1.29 is 48.2 Å². The molecule has 304 valence electrons. The Morgan fingerprint density at radius 3 is 1.87 bits per heavy atom. The number of aliphatic hydroxyl groups excluding tert-OH is 2. The van der Waals surface area contributed by atoms with Crippen LogP contribution >= 0.6 is 7.82 Å². The summed E-state index contributed by atoms with van der Waals surface area (Å²) >= 11 is 0. The molecule has 0 unspecified atom stereocenters. The summed E-state index contributed by atoms with van der Waals surface area (Å²) in [5, 5.41) is 19.9. The molecule has 0 amide bonds. The molecular weight excluding hydrogens is 707 g/mol. The van der Waals surface area contributed by atoms with Crippen molar-refractivity contribution in [3.05, 3.63) is 109 Å². The zero-order chi connectivity index (χ0) is 40.0. The third-order valence-electron chi connectivity index (χ3n) is 7.46. The number of phosphoric ester groups is 1. The van der Waals surface area contributed by atoms with Gasteiger partial charge in [-0.15, -0.1) is 0 Å². The molecule has 0 fully saturated rings. The Kier molecular flexibility index (Phi) is 34.3. The zero-order valence-corrected chi connectivity index (χ0v) is 33.4. The summed E-state index contributed by atoms with van der Waals surface area (Å²) in [6.07, 6.45) is 44.5. The summed E-state index contributed by atoms with van der Waals surface area (Å²) in [6, 6.07) is 0. The predicted octanol–water partition coefficient (Wildman–Crippen LogP) is 9.56. The summed E-state index contributed by atoms with van der Waals surface area (Å²) < 4.78 is 26.2. The Bertz CT molecular complexity index is 1270. The predicted molar refractivity (Wildman–Crippen MR) is 218 cm³/mol. The van der Waals surface area contributed by atoms with E-state index in [-0.39, 0.29) is 19.4 Å². The fourth-order valence-electron chi connectivity index (χ4n) is 4.60. The highest BCUT2D eigenvalue weighted by Gasteiger charge is 2.22. The van der Waals surface area contributed by atoms with Crippen LogP contribution in [0.2, 0.25) is 0 Å². The minimum Gasteiger partial charge on any atom is -0.462 e. The number of carbonyl (C=O) groups is 2. The van der Waals surface area contributed by atoms with E-state index in [2.05, 4.69) is 54.8 Å². The molecule has 3 atom stereocenters. The molecule has 0 aliphatic carbocycles. The monoisotopic (exact) mass is 774 g/mol. The van der Waals surface area contributed by atoms with Gasteiger partial charge in [-0.2, -0.15) is 0 Å². The maximum Gasteiger partial charge on any atom is 0.469 e. The van der Waals surface area contributed by atoms with Crippen molar-refractivity contribution in [2.24, 2.45) is 0 Å². The highest BCUT2D eigenvalue weighted by Crippen LogP contribution is 2.36. The standard InChI is InChI=1S/C43H67O10P/c1-3-5-7-8-9-10-11-12-13-14-15-16-20-23-29-36-43(47)53-41(38-52-54(48,49)50)37-51-42(46)35-30-24-28-34-40(45)33-27-22-19-17-18-21-26-32-39(44)31-25-6-4-2/h5-7,9-10,12-13,18-19,21-22,25-28,32-34,39-41,44-45H,3-4,8,11,14-17,20,23-24,29-31,35-38H2,1-2H3,(H2,48,49,50)/b7-5-,10-9-,13-12-,21-18-,22-19-,25-6-,32-26+,33-27+,34-28-/t39-,40-,41-/m1/s1. The Morgan fingerprint density at radius 1 is 0.593 bits per heavy atom. The second kappa shape index (κ2) is 36.6. The van der Waals surface area contributed by atoms with Crippen LogP contribution in [0.4, 0.5) is 0 Å². The summed E-state index contributed by atoms with van der Waals surface area (Å²) in [5.74, 6) is -1.10. The van der Waals surface area contributed by atoms with Crippen LogP contribution in [0.15, 0.2) is 109 Å². The van der Waals surface area contributed by atoms with E-state index < -0.39 is 44.7 Å². The minimum atomic E-state index is -4.81. The van der Waals surface area contributed by atoms with E-state index in [1.54, 1.807) is 30.4 Å². The van der Waals surface area contributed by atoms with Crippen LogP contribution in [0, 0.1) is 0 Å². The number of esters is 2. The fourth-order valence-corrected chi connectivity index (χ4v) is 4.96. The lowest BCUT2D eigenvalue weighted by Gasteiger charge is -2.18. The largest absolute Gasteiger partial charge is 0.469 e. The van der Waals surface area contributed by atoms with Gasteiger partial charge in [-0.05, 0) is 70.6 Å². The van der Waals surface area contributed by atoms with Crippen molar-refractivity contribution in [1.29, 1.82) is 0 Å². The second-order valence-electron chi connectivity index (χ2n) is 12.5. The van der Waals surface area contributed by atoms with Crippen molar-refractivity contribution in [3.8, 4) is 0 Å². The van der Waals surface area contributed by atoms with Crippen LogP contribution in [0.3, 0.4) is 0 Å².